The van der Waals surface area contributed by atoms with E-state index in [9.17, 15) is 14.4 Å². The molecule has 8 nitrogen and oxygen atoms in total. The van der Waals surface area contributed by atoms with Crippen molar-refractivity contribution in [2.45, 2.75) is 33.6 Å². The molecule has 2 heterocycles. The Morgan fingerprint density at radius 2 is 1.79 bits per heavy atom. The third kappa shape index (κ3) is 6.86. The summed E-state index contributed by atoms with van der Waals surface area (Å²) in [5.41, 5.74) is 2.22. The van der Waals surface area contributed by atoms with Crippen LogP contribution < -0.4 is 10.6 Å². The molecule has 1 aromatic heterocycles. The standard InChI is InChI=1S/C25H33N5O3/c1-4-30(5-2)25(33)20-7-6-8-21(16-20)27-23(31)17-29-13-10-19(11-14-29)24(32)28-22-15-18(3)9-12-26-22/h6-9,12,15-16,19H,4-5,10-11,13-14,17H2,1-3H3,(H,27,31)(H,26,28,32). The normalized spacial score (nSPS) is 14.5. The third-order valence-electron chi connectivity index (χ3n) is 5.94. The van der Waals surface area contributed by atoms with Crippen LogP contribution in [0, 0.1) is 12.8 Å². The highest BCUT2D eigenvalue weighted by molar-refractivity contribution is 5.97. The molecule has 3 rings (SSSR count). The van der Waals surface area contributed by atoms with Crippen molar-refractivity contribution >= 4 is 29.2 Å². The Kier molecular flexibility index (Phi) is 8.54. The SMILES string of the molecule is CCN(CC)C(=O)c1cccc(NC(=O)CN2CCC(C(=O)Nc3cc(C)ccn3)CC2)c1. The molecule has 0 spiro atoms. The van der Waals surface area contributed by atoms with Crippen molar-refractivity contribution in [1.29, 1.82) is 0 Å². The van der Waals surface area contributed by atoms with Gasteiger partial charge in [0.15, 0.2) is 0 Å². The van der Waals surface area contributed by atoms with Gasteiger partial charge in [0.25, 0.3) is 5.91 Å². The Morgan fingerprint density at radius 3 is 2.45 bits per heavy atom. The van der Waals surface area contributed by atoms with Crippen LogP contribution in [0.3, 0.4) is 0 Å². The van der Waals surface area contributed by atoms with E-state index < -0.39 is 0 Å². The molecule has 2 aromatic rings. The minimum absolute atomic E-state index is 0.0214. The van der Waals surface area contributed by atoms with Crippen LogP contribution in [0.2, 0.25) is 0 Å². The van der Waals surface area contributed by atoms with Gasteiger partial charge < -0.3 is 15.5 Å². The first-order valence-electron chi connectivity index (χ1n) is 11.5. The molecular formula is C25H33N5O3. The van der Waals surface area contributed by atoms with Gasteiger partial charge in [0.05, 0.1) is 6.54 Å². The molecule has 3 amide bonds. The molecule has 1 aliphatic heterocycles. The molecule has 0 saturated carbocycles. The number of rotatable bonds is 8. The summed E-state index contributed by atoms with van der Waals surface area (Å²) in [6.07, 6.45) is 3.07. The summed E-state index contributed by atoms with van der Waals surface area (Å²) in [4.78, 5) is 45.6. The molecule has 0 unspecified atom stereocenters. The Labute approximate surface area is 195 Å². The second-order valence-electron chi connectivity index (χ2n) is 8.36. The van der Waals surface area contributed by atoms with E-state index in [-0.39, 0.29) is 30.2 Å². The maximum absolute atomic E-state index is 12.6. The predicted octanol–water partition coefficient (Wildman–Crippen LogP) is 3.16. The third-order valence-corrected chi connectivity index (χ3v) is 5.94. The average molecular weight is 452 g/mol. The van der Waals surface area contributed by atoms with Crippen LogP contribution in [-0.2, 0) is 9.59 Å². The molecule has 0 atom stereocenters. The summed E-state index contributed by atoms with van der Waals surface area (Å²) in [7, 11) is 0. The van der Waals surface area contributed by atoms with Gasteiger partial charge in [-0.15, -0.1) is 0 Å². The number of aryl methyl sites for hydroxylation is 1. The van der Waals surface area contributed by atoms with Crippen molar-refractivity contribution in [3.8, 4) is 0 Å². The number of hydrogen-bond acceptors (Lipinski definition) is 5. The lowest BCUT2D eigenvalue weighted by molar-refractivity contribution is -0.121. The van der Waals surface area contributed by atoms with Crippen molar-refractivity contribution in [1.82, 2.24) is 14.8 Å². The maximum Gasteiger partial charge on any atom is 0.253 e. The molecule has 1 aromatic carbocycles. The first kappa shape index (κ1) is 24.4. The van der Waals surface area contributed by atoms with Crippen LogP contribution in [0.4, 0.5) is 11.5 Å². The number of carbonyl (C=O) groups excluding carboxylic acids is 3. The van der Waals surface area contributed by atoms with Crippen LogP contribution in [0.15, 0.2) is 42.6 Å². The number of piperidine rings is 1. The lowest BCUT2D eigenvalue weighted by Crippen LogP contribution is -2.41. The molecule has 1 aliphatic rings. The number of anilines is 2. The van der Waals surface area contributed by atoms with Crippen LogP contribution in [0.1, 0.15) is 42.6 Å². The van der Waals surface area contributed by atoms with Gasteiger partial charge in [-0.1, -0.05) is 6.07 Å². The zero-order valence-corrected chi connectivity index (χ0v) is 19.6. The molecule has 176 valence electrons. The molecule has 33 heavy (non-hydrogen) atoms. The van der Waals surface area contributed by atoms with Gasteiger partial charge in [-0.05, 0) is 82.6 Å². The quantitative estimate of drug-likeness (QED) is 0.643. The van der Waals surface area contributed by atoms with Crippen LogP contribution >= 0.6 is 0 Å². The zero-order valence-electron chi connectivity index (χ0n) is 19.6. The first-order valence-corrected chi connectivity index (χ1v) is 11.5. The summed E-state index contributed by atoms with van der Waals surface area (Å²) in [5, 5.41) is 5.79. The number of nitrogens with zero attached hydrogens (tertiary/aromatic N) is 3. The van der Waals surface area contributed by atoms with Gasteiger partial charge in [0, 0.05) is 36.5 Å². The zero-order chi connectivity index (χ0) is 23.8. The van der Waals surface area contributed by atoms with Crippen molar-refractivity contribution in [3.63, 3.8) is 0 Å². The molecular weight excluding hydrogens is 418 g/mol. The van der Waals surface area contributed by atoms with Gasteiger partial charge >= 0.3 is 0 Å². The van der Waals surface area contributed by atoms with Crippen molar-refractivity contribution in [2.75, 3.05) is 43.4 Å². The lowest BCUT2D eigenvalue weighted by atomic mass is 9.96. The van der Waals surface area contributed by atoms with Crippen molar-refractivity contribution in [2.24, 2.45) is 5.92 Å². The number of benzene rings is 1. The number of nitrogens with one attached hydrogen (secondary N) is 2. The number of amides is 3. The fourth-order valence-electron chi connectivity index (χ4n) is 4.01. The molecule has 1 saturated heterocycles. The number of carbonyl (C=O) groups is 3. The van der Waals surface area contributed by atoms with Crippen LogP contribution in [0.5, 0.6) is 0 Å². The fraction of sp³-hybridized carbons (Fsp3) is 0.440. The smallest absolute Gasteiger partial charge is 0.253 e. The van der Waals surface area contributed by atoms with E-state index >= 15 is 0 Å². The summed E-state index contributed by atoms with van der Waals surface area (Å²) in [6.45, 7) is 8.73. The number of hydrogen-bond donors (Lipinski definition) is 2. The van der Waals surface area contributed by atoms with Crippen molar-refractivity contribution < 1.29 is 14.4 Å². The minimum Gasteiger partial charge on any atom is -0.339 e. The Bertz CT molecular complexity index is 982. The van der Waals surface area contributed by atoms with Gasteiger partial charge in [-0.25, -0.2) is 4.98 Å². The average Bonchev–Trinajstić information content (AvgIpc) is 2.80. The fourth-order valence-corrected chi connectivity index (χ4v) is 4.01. The topological polar surface area (TPSA) is 94.6 Å². The van der Waals surface area contributed by atoms with Gasteiger partial charge in [-0.2, -0.15) is 0 Å². The van der Waals surface area contributed by atoms with E-state index in [1.54, 1.807) is 35.4 Å². The lowest BCUT2D eigenvalue weighted by Gasteiger charge is -2.30. The van der Waals surface area contributed by atoms with E-state index in [1.165, 1.54) is 0 Å². The summed E-state index contributed by atoms with van der Waals surface area (Å²) in [6, 6.07) is 10.8. The van der Waals surface area contributed by atoms with Crippen LogP contribution in [0.25, 0.3) is 0 Å². The largest absolute Gasteiger partial charge is 0.339 e. The monoisotopic (exact) mass is 451 g/mol. The maximum atomic E-state index is 12.6. The highest BCUT2D eigenvalue weighted by Crippen LogP contribution is 2.20. The van der Waals surface area contributed by atoms with Gasteiger partial charge in [0.2, 0.25) is 11.8 Å². The second-order valence-corrected chi connectivity index (χ2v) is 8.36. The van der Waals surface area contributed by atoms with Gasteiger partial charge in [0.1, 0.15) is 5.82 Å². The summed E-state index contributed by atoms with van der Waals surface area (Å²) >= 11 is 0. The van der Waals surface area contributed by atoms with E-state index in [4.69, 9.17) is 0 Å². The highest BCUT2D eigenvalue weighted by Gasteiger charge is 2.26. The predicted molar refractivity (Wildman–Crippen MR) is 129 cm³/mol. The summed E-state index contributed by atoms with van der Waals surface area (Å²) < 4.78 is 0. The Balaban J connectivity index is 1.47. The molecule has 0 aliphatic carbocycles. The number of aromatic nitrogens is 1. The van der Waals surface area contributed by atoms with Crippen molar-refractivity contribution in [3.05, 3.63) is 53.7 Å². The molecule has 1 fully saturated rings. The molecule has 0 radical (unpaired) electrons. The van der Waals surface area contributed by atoms with Gasteiger partial charge in [-0.3, -0.25) is 19.3 Å². The van der Waals surface area contributed by atoms with Crippen LogP contribution in [-0.4, -0.2) is 65.2 Å². The van der Waals surface area contributed by atoms with E-state index in [0.29, 0.717) is 56.1 Å². The Hall–Kier alpha value is -3.26. The highest BCUT2D eigenvalue weighted by atomic mass is 16.2. The summed E-state index contributed by atoms with van der Waals surface area (Å²) in [5.74, 6) is 0.288. The van der Waals surface area contributed by atoms with E-state index in [0.717, 1.165) is 5.56 Å². The molecule has 8 heteroatoms. The number of likely N-dealkylation sites (tertiary alicyclic amines) is 1. The number of pyridine rings is 1. The first-order chi connectivity index (χ1) is 15.9. The Morgan fingerprint density at radius 1 is 1.06 bits per heavy atom. The van der Waals surface area contributed by atoms with E-state index in [1.807, 2.05) is 32.9 Å². The second kappa shape index (κ2) is 11.6. The van der Waals surface area contributed by atoms with E-state index in [2.05, 4.69) is 20.5 Å². The molecule has 0 bridgehead atoms. The minimum atomic E-state index is -0.130. The molecule has 2 N–H and O–H groups in total.